The third kappa shape index (κ3) is 8.23. The molecular weight excluding hydrogens is 262 g/mol. The average Bonchev–Trinajstić information content (AvgIpc) is 2.52. The zero-order chi connectivity index (χ0) is 15.3. The highest BCUT2D eigenvalue weighted by atomic mass is 16.2. The van der Waals surface area contributed by atoms with Crippen LogP contribution in [0.2, 0.25) is 0 Å². The van der Waals surface area contributed by atoms with E-state index in [0.717, 1.165) is 24.2 Å². The molecule has 0 saturated carbocycles. The van der Waals surface area contributed by atoms with Crippen LogP contribution in [0.5, 0.6) is 0 Å². The summed E-state index contributed by atoms with van der Waals surface area (Å²) in [4.78, 5) is 15.9. The van der Waals surface area contributed by atoms with E-state index in [2.05, 4.69) is 22.4 Å². The number of amides is 1. The van der Waals surface area contributed by atoms with Crippen LogP contribution in [0, 0.1) is 0 Å². The lowest BCUT2D eigenvalue weighted by atomic mass is 10.1. The number of aromatic nitrogens is 1. The fourth-order valence-corrected chi connectivity index (χ4v) is 2.08. The minimum absolute atomic E-state index is 0.0150. The second-order valence-corrected chi connectivity index (χ2v) is 5.32. The summed E-state index contributed by atoms with van der Waals surface area (Å²) in [7, 11) is 0. The number of nitrogens with zero attached hydrogens (tertiary/aromatic N) is 2. The number of carbonyl (C=O) groups is 1. The van der Waals surface area contributed by atoms with Crippen LogP contribution in [-0.4, -0.2) is 16.6 Å². The van der Waals surface area contributed by atoms with Gasteiger partial charge in [-0.05, 0) is 25.5 Å². The molecule has 0 fully saturated rings. The van der Waals surface area contributed by atoms with Gasteiger partial charge in [0.2, 0.25) is 5.91 Å². The number of hydrogen-bond donors (Lipinski definition) is 1. The molecule has 1 aromatic heterocycles. The Balaban J connectivity index is 2.14. The van der Waals surface area contributed by atoms with Crippen LogP contribution in [0.1, 0.15) is 70.9 Å². The molecule has 1 amide bonds. The van der Waals surface area contributed by atoms with Crippen molar-refractivity contribution in [1.29, 1.82) is 0 Å². The van der Waals surface area contributed by atoms with Gasteiger partial charge in [-0.3, -0.25) is 9.78 Å². The van der Waals surface area contributed by atoms with Crippen molar-refractivity contribution >= 4 is 11.6 Å². The minimum atomic E-state index is -0.0150. The van der Waals surface area contributed by atoms with Crippen molar-refractivity contribution in [1.82, 2.24) is 10.4 Å². The maximum absolute atomic E-state index is 11.7. The second kappa shape index (κ2) is 11.0. The van der Waals surface area contributed by atoms with Gasteiger partial charge in [0.25, 0.3) is 0 Å². The van der Waals surface area contributed by atoms with Gasteiger partial charge in [-0.2, -0.15) is 5.10 Å². The van der Waals surface area contributed by atoms with Gasteiger partial charge in [0.1, 0.15) is 0 Å². The molecular formula is C17H27N3O. The van der Waals surface area contributed by atoms with Crippen LogP contribution in [0.25, 0.3) is 0 Å². The van der Waals surface area contributed by atoms with Gasteiger partial charge in [0, 0.05) is 12.6 Å². The number of carbonyl (C=O) groups excluding carboxylic acids is 1. The molecule has 0 aliphatic heterocycles. The summed E-state index contributed by atoms with van der Waals surface area (Å²) >= 11 is 0. The standard InChI is InChI=1S/C17H27N3O/c1-3-4-5-6-7-8-9-13-17(21)20-19-15(2)16-12-10-11-14-18-16/h10-12,14H,3-9,13H2,1-2H3,(H,20,21). The second-order valence-electron chi connectivity index (χ2n) is 5.32. The summed E-state index contributed by atoms with van der Waals surface area (Å²) in [5.41, 5.74) is 4.11. The lowest BCUT2D eigenvalue weighted by Gasteiger charge is -2.03. The monoisotopic (exact) mass is 289 g/mol. The minimum Gasteiger partial charge on any atom is -0.273 e. The summed E-state index contributed by atoms with van der Waals surface area (Å²) in [6.07, 6.45) is 10.8. The summed E-state index contributed by atoms with van der Waals surface area (Å²) in [5.74, 6) is -0.0150. The molecule has 0 saturated heterocycles. The first-order valence-electron chi connectivity index (χ1n) is 7.98. The van der Waals surface area contributed by atoms with Crippen molar-refractivity contribution in [3.8, 4) is 0 Å². The van der Waals surface area contributed by atoms with Crippen molar-refractivity contribution < 1.29 is 4.79 Å². The Hall–Kier alpha value is -1.71. The molecule has 0 aliphatic carbocycles. The molecule has 21 heavy (non-hydrogen) atoms. The first kappa shape index (κ1) is 17.3. The van der Waals surface area contributed by atoms with Crippen molar-refractivity contribution in [3.05, 3.63) is 30.1 Å². The molecule has 0 radical (unpaired) electrons. The zero-order valence-corrected chi connectivity index (χ0v) is 13.3. The van der Waals surface area contributed by atoms with Crippen molar-refractivity contribution in [3.63, 3.8) is 0 Å². The van der Waals surface area contributed by atoms with Crippen LogP contribution < -0.4 is 5.43 Å². The van der Waals surface area contributed by atoms with Gasteiger partial charge in [-0.15, -0.1) is 0 Å². The van der Waals surface area contributed by atoms with E-state index in [1.165, 1.54) is 32.1 Å². The molecule has 116 valence electrons. The Labute approximate surface area is 128 Å². The molecule has 0 aliphatic rings. The maximum atomic E-state index is 11.7. The highest BCUT2D eigenvalue weighted by Gasteiger charge is 2.01. The number of nitrogens with one attached hydrogen (secondary N) is 1. The summed E-state index contributed by atoms with van der Waals surface area (Å²) in [5, 5.41) is 4.09. The molecule has 0 spiro atoms. The topological polar surface area (TPSA) is 54.4 Å². The molecule has 1 heterocycles. The zero-order valence-electron chi connectivity index (χ0n) is 13.3. The largest absolute Gasteiger partial charge is 0.273 e. The van der Waals surface area contributed by atoms with Crippen LogP contribution in [0.15, 0.2) is 29.5 Å². The molecule has 4 heteroatoms. The first-order chi connectivity index (χ1) is 10.2. The van der Waals surface area contributed by atoms with Crippen LogP contribution in [-0.2, 0) is 4.79 Å². The number of pyridine rings is 1. The third-order valence-corrected chi connectivity index (χ3v) is 3.39. The van der Waals surface area contributed by atoms with Gasteiger partial charge < -0.3 is 0 Å². The van der Waals surface area contributed by atoms with E-state index in [1.807, 2.05) is 25.1 Å². The van der Waals surface area contributed by atoms with Crippen LogP contribution in [0.3, 0.4) is 0 Å². The Kier molecular flexibility index (Phi) is 9.09. The van der Waals surface area contributed by atoms with E-state index in [4.69, 9.17) is 0 Å². The number of unbranched alkanes of at least 4 members (excludes halogenated alkanes) is 6. The van der Waals surface area contributed by atoms with Gasteiger partial charge >= 0.3 is 0 Å². The average molecular weight is 289 g/mol. The number of rotatable bonds is 10. The molecule has 4 nitrogen and oxygen atoms in total. The maximum Gasteiger partial charge on any atom is 0.240 e. The predicted octanol–water partition coefficient (Wildman–Crippen LogP) is 4.06. The third-order valence-electron chi connectivity index (χ3n) is 3.39. The summed E-state index contributed by atoms with van der Waals surface area (Å²) in [6, 6.07) is 5.64. The van der Waals surface area contributed by atoms with E-state index < -0.39 is 0 Å². The number of hydrazone groups is 1. The Morgan fingerprint density at radius 1 is 1.14 bits per heavy atom. The van der Waals surface area contributed by atoms with Gasteiger partial charge in [-0.25, -0.2) is 5.43 Å². The molecule has 0 unspecified atom stereocenters. The fraction of sp³-hybridized carbons (Fsp3) is 0.588. The van der Waals surface area contributed by atoms with Crippen LogP contribution in [0.4, 0.5) is 0 Å². The molecule has 1 N–H and O–H groups in total. The highest BCUT2D eigenvalue weighted by molar-refractivity contribution is 5.97. The quantitative estimate of drug-likeness (QED) is 0.401. The van der Waals surface area contributed by atoms with Crippen molar-refractivity contribution in [2.24, 2.45) is 5.10 Å². The normalized spacial score (nSPS) is 11.4. The van der Waals surface area contributed by atoms with Crippen molar-refractivity contribution in [2.75, 3.05) is 0 Å². The van der Waals surface area contributed by atoms with Crippen LogP contribution >= 0.6 is 0 Å². The van der Waals surface area contributed by atoms with Gasteiger partial charge in [0.05, 0.1) is 11.4 Å². The van der Waals surface area contributed by atoms with Gasteiger partial charge in [-0.1, -0.05) is 51.5 Å². The molecule has 1 aromatic rings. The van der Waals surface area contributed by atoms with E-state index in [1.54, 1.807) is 6.20 Å². The SMILES string of the molecule is CCCCCCCCCC(=O)NN=C(C)c1ccccn1. The number of hydrogen-bond acceptors (Lipinski definition) is 3. The molecule has 1 rings (SSSR count). The summed E-state index contributed by atoms with van der Waals surface area (Å²) < 4.78 is 0. The van der Waals surface area contributed by atoms with E-state index in [0.29, 0.717) is 6.42 Å². The van der Waals surface area contributed by atoms with Gasteiger partial charge in [0.15, 0.2) is 0 Å². The first-order valence-corrected chi connectivity index (χ1v) is 7.98. The predicted molar refractivity (Wildman–Crippen MR) is 87.2 cm³/mol. The van der Waals surface area contributed by atoms with Crippen molar-refractivity contribution in [2.45, 2.75) is 65.2 Å². The van der Waals surface area contributed by atoms with E-state index in [-0.39, 0.29) is 5.91 Å². The Bertz CT molecular complexity index is 429. The van der Waals surface area contributed by atoms with E-state index in [9.17, 15) is 4.79 Å². The summed E-state index contributed by atoms with van der Waals surface area (Å²) in [6.45, 7) is 4.06. The Morgan fingerprint density at radius 2 is 1.86 bits per heavy atom. The highest BCUT2D eigenvalue weighted by Crippen LogP contribution is 2.08. The van der Waals surface area contributed by atoms with E-state index >= 15 is 0 Å². The molecule has 0 aromatic carbocycles. The molecule has 0 atom stereocenters. The smallest absolute Gasteiger partial charge is 0.240 e. The molecule has 0 bridgehead atoms. The lowest BCUT2D eigenvalue weighted by molar-refractivity contribution is -0.121. The fourth-order valence-electron chi connectivity index (χ4n) is 2.08. The Morgan fingerprint density at radius 3 is 2.52 bits per heavy atom. The lowest BCUT2D eigenvalue weighted by Crippen LogP contribution is -2.19.